The lowest BCUT2D eigenvalue weighted by Crippen LogP contribution is -2.54. The number of aromatic nitrogens is 4. The topological polar surface area (TPSA) is 101 Å². The molecular weight excluding hydrogens is 376 g/mol. The Morgan fingerprint density at radius 1 is 1.35 bits per heavy atom. The van der Waals surface area contributed by atoms with E-state index in [1.807, 2.05) is 6.92 Å². The molecule has 3 heterocycles. The van der Waals surface area contributed by atoms with Gasteiger partial charge in [0.15, 0.2) is 0 Å². The maximum absolute atomic E-state index is 13.1. The van der Waals surface area contributed by atoms with E-state index in [-0.39, 0.29) is 12.5 Å². The number of hydrogen-bond acceptors (Lipinski definition) is 7. The van der Waals surface area contributed by atoms with Crippen LogP contribution in [0.5, 0.6) is 0 Å². The lowest BCUT2D eigenvalue weighted by Gasteiger charge is -2.36. The number of sulfonamides is 1. The Bertz CT molecular complexity index is 891. The number of nitrogens with zero attached hydrogens (tertiary/aromatic N) is 6. The van der Waals surface area contributed by atoms with Crippen molar-refractivity contribution in [2.24, 2.45) is 7.05 Å². The first-order valence-corrected chi connectivity index (χ1v) is 11.0. The van der Waals surface area contributed by atoms with E-state index in [0.29, 0.717) is 30.2 Å². The molecule has 0 aromatic carbocycles. The molecule has 1 amide bonds. The Balaban J connectivity index is 1.88. The van der Waals surface area contributed by atoms with Gasteiger partial charge >= 0.3 is 0 Å². The first-order chi connectivity index (χ1) is 12.3. The van der Waals surface area contributed by atoms with E-state index in [4.69, 9.17) is 0 Å². The molecule has 0 bridgehead atoms. The molecule has 2 aromatic rings. The van der Waals surface area contributed by atoms with E-state index in [2.05, 4.69) is 15.3 Å². The van der Waals surface area contributed by atoms with E-state index >= 15 is 0 Å². The SMILES string of the molecule is CCc1nnc(CN([C@H]2CCCN(c3ccnn3C)C2=O)S(C)(=O)=O)s1. The molecule has 11 heteroatoms. The summed E-state index contributed by atoms with van der Waals surface area (Å²) in [5.41, 5.74) is 0. The fourth-order valence-electron chi connectivity index (χ4n) is 3.07. The fourth-order valence-corrected chi connectivity index (χ4v) is 4.95. The summed E-state index contributed by atoms with van der Waals surface area (Å²) in [6.07, 6.45) is 4.69. The number of anilines is 1. The molecule has 0 aliphatic carbocycles. The fraction of sp³-hybridized carbons (Fsp3) is 0.600. The average Bonchev–Trinajstić information content (AvgIpc) is 3.21. The maximum Gasteiger partial charge on any atom is 0.246 e. The lowest BCUT2D eigenvalue weighted by atomic mass is 10.0. The van der Waals surface area contributed by atoms with Crippen LogP contribution in [0.4, 0.5) is 5.82 Å². The molecule has 0 radical (unpaired) electrons. The molecule has 142 valence electrons. The number of hydrogen-bond donors (Lipinski definition) is 0. The number of carbonyl (C=O) groups excluding carboxylic acids is 1. The maximum atomic E-state index is 13.1. The summed E-state index contributed by atoms with van der Waals surface area (Å²) in [5.74, 6) is 0.433. The summed E-state index contributed by atoms with van der Waals surface area (Å²) in [5, 5.41) is 13.6. The first kappa shape index (κ1) is 18.9. The Kier molecular flexibility index (Phi) is 5.39. The molecule has 1 saturated heterocycles. The van der Waals surface area contributed by atoms with Gasteiger partial charge in [-0.1, -0.05) is 6.92 Å². The molecular formula is C15H22N6O3S2. The van der Waals surface area contributed by atoms with Gasteiger partial charge in [-0.05, 0) is 19.3 Å². The summed E-state index contributed by atoms with van der Waals surface area (Å²) in [7, 11) is -1.84. The van der Waals surface area contributed by atoms with Crippen LogP contribution in [0, 0.1) is 0 Å². The number of carbonyl (C=O) groups is 1. The molecule has 1 fully saturated rings. The van der Waals surface area contributed by atoms with Crippen LogP contribution >= 0.6 is 11.3 Å². The predicted octanol–water partition coefficient (Wildman–Crippen LogP) is 0.791. The molecule has 0 unspecified atom stereocenters. The smallest absolute Gasteiger partial charge is 0.246 e. The van der Waals surface area contributed by atoms with Gasteiger partial charge in [-0.3, -0.25) is 14.4 Å². The van der Waals surface area contributed by atoms with Gasteiger partial charge < -0.3 is 0 Å². The minimum atomic E-state index is -3.59. The highest BCUT2D eigenvalue weighted by Crippen LogP contribution is 2.26. The molecule has 26 heavy (non-hydrogen) atoms. The molecule has 3 rings (SSSR count). The van der Waals surface area contributed by atoms with Crippen molar-refractivity contribution >= 4 is 33.1 Å². The van der Waals surface area contributed by atoms with Crippen LogP contribution in [0.25, 0.3) is 0 Å². The summed E-state index contributed by atoms with van der Waals surface area (Å²) in [6.45, 7) is 2.58. The summed E-state index contributed by atoms with van der Waals surface area (Å²) < 4.78 is 27.7. The second-order valence-corrected chi connectivity index (χ2v) is 9.29. The lowest BCUT2D eigenvalue weighted by molar-refractivity contribution is -0.123. The largest absolute Gasteiger partial charge is 0.296 e. The van der Waals surface area contributed by atoms with Gasteiger partial charge in [-0.25, -0.2) is 8.42 Å². The van der Waals surface area contributed by atoms with Crippen LogP contribution in [0.2, 0.25) is 0 Å². The zero-order valence-corrected chi connectivity index (χ0v) is 16.6. The van der Waals surface area contributed by atoms with Crippen molar-refractivity contribution in [3.8, 4) is 0 Å². The van der Waals surface area contributed by atoms with E-state index in [9.17, 15) is 13.2 Å². The third-order valence-electron chi connectivity index (χ3n) is 4.36. The van der Waals surface area contributed by atoms with E-state index in [1.165, 1.54) is 15.6 Å². The normalized spacial score (nSPS) is 18.7. The van der Waals surface area contributed by atoms with Gasteiger partial charge in [0.2, 0.25) is 15.9 Å². The molecule has 1 aliphatic rings. The Morgan fingerprint density at radius 2 is 2.08 bits per heavy atom. The number of piperidine rings is 1. The van der Waals surface area contributed by atoms with Crippen molar-refractivity contribution in [1.82, 2.24) is 24.3 Å². The summed E-state index contributed by atoms with van der Waals surface area (Å²) in [4.78, 5) is 14.7. The number of rotatable bonds is 6. The minimum absolute atomic E-state index is 0.0616. The highest BCUT2D eigenvalue weighted by molar-refractivity contribution is 7.88. The summed E-state index contributed by atoms with van der Waals surface area (Å²) in [6, 6.07) is 1.01. The van der Waals surface area contributed by atoms with Gasteiger partial charge in [0.1, 0.15) is 21.9 Å². The second kappa shape index (κ2) is 7.41. The van der Waals surface area contributed by atoms with Crippen LogP contribution in [-0.4, -0.2) is 57.5 Å². The molecule has 0 saturated carbocycles. The van der Waals surface area contributed by atoms with Crippen LogP contribution in [0.15, 0.2) is 12.3 Å². The second-order valence-electron chi connectivity index (χ2n) is 6.21. The van der Waals surface area contributed by atoms with Crippen molar-refractivity contribution in [1.29, 1.82) is 0 Å². The Morgan fingerprint density at radius 3 is 2.65 bits per heavy atom. The number of amides is 1. The standard InChI is InChI=1S/C15H22N6O3S2/c1-4-12-17-18-13(25-12)10-21(26(3,23)24)11-6-5-9-20(15(11)22)14-7-8-16-19(14)2/h7-8,11H,4-6,9-10H2,1-3H3/t11-/m0/s1. The highest BCUT2D eigenvalue weighted by Gasteiger charge is 2.39. The predicted molar refractivity (Wildman–Crippen MR) is 98.3 cm³/mol. The minimum Gasteiger partial charge on any atom is -0.296 e. The molecule has 1 atom stereocenters. The quantitative estimate of drug-likeness (QED) is 0.713. The van der Waals surface area contributed by atoms with Crippen molar-refractivity contribution < 1.29 is 13.2 Å². The van der Waals surface area contributed by atoms with Gasteiger partial charge in [-0.15, -0.1) is 21.5 Å². The Hall–Kier alpha value is -1.85. The van der Waals surface area contributed by atoms with Gasteiger partial charge in [0.05, 0.1) is 19.0 Å². The molecule has 9 nitrogen and oxygen atoms in total. The molecule has 0 N–H and O–H groups in total. The van der Waals surface area contributed by atoms with Crippen LogP contribution in [-0.2, 0) is 34.8 Å². The third-order valence-corrected chi connectivity index (χ3v) is 6.65. The van der Waals surface area contributed by atoms with Gasteiger partial charge in [-0.2, -0.15) is 9.40 Å². The zero-order chi connectivity index (χ0) is 18.9. The van der Waals surface area contributed by atoms with Gasteiger partial charge in [0, 0.05) is 19.7 Å². The first-order valence-electron chi connectivity index (χ1n) is 8.38. The van der Waals surface area contributed by atoms with Crippen molar-refractivity contribution in [2.75, 3.05) is 17.7 Å². The molecule has 0 spiro atoms. The molecule has 2 aromatic heterocycles. The Labute approximate surface area is 156 Å². The summed E-state index contributed by atoms with van der Waals surface area (Å²) >= 11 is 1.38. The average molecular weight is 399 g/mol. The highest BCUT2D eigenvalue weighted by atomic mass is 32.2. The van der Waals surface area contributed by atoms with Crippen molar-refractivity contribution in [2.45, 2.75) is 38.8 Å². The monoisotopic (exact) mass is 398 g/mol. The van der Waals surface area contributed by atoms with E-state index in [0.717, 1.165) is 17.7 Å². The van der Waals surface area contributed by atoms with E-state index in [1.54, 1.807) is 28.9 Å². The van der Waals surface area contributed by atoms with Crippen LogP contribution in [0.3, 0.4) is 0 Å². The van der Waals surface area contributed by atoms with Crippen LogP contribution < -0.4 is 4.90 Å². The number of aryl methyl sites for hydroxylation is 2. The van der Waals surface area contributed by atoms with Crippen molar-refractivity contribution in [3.63, 3.8) is 0 Å². The van der Waals surface area contributed by atoms with Crippen LogP contribution in [0.1, 0.15) is 29.8 Å². The zero-order valence-electron chi connectivity index (χ0n) is 15.0. The van der Waals surface area contributed by atoms with Crippen molar-refractivity contribution in [3.05, 3.63) is 22.3 Å². The van der Waals surface area contributed by atoms with Gasteiger partial charge in [0.25, 0.3) is 0 Å². The molecule has 1 aliphatic heterocycles. The third kappa shape index (κ3) is 3.79. The van der Waals surface area contributed by atoms with E-state index < -0.39 is 16.1 Å².